The van der Waals surface area contributed by atoms with Crippen LogP contribution in [-0.2, 0) is 22.4 Å². The van der Waals surface area contributed by atoms with Crippen molar-refractivity contribution in [3.05, 3.63) is 29.0 Å². The minimum absolute atomic E-state index is 0.291. The minimum atomic E-state index is -0.291. The summed E-state index contributed by atoms with van der Waals surface area (Å²) < 4.78 is 17.1. The number of hydrogen-bond donors (Lipinski definition) is 1. The lowest BCUT2D eigenvalue weighted by atomic mass is 9.96. The first-order valence-corrected chi connectivity index (χ1v) is 11.6. The first-order valence-electron chi connectivity index (χ1n) is 11.6. The largest absolute Gasteiger partial charge is 0.465 e. The lowest BCUT2D eigenvalue weighted by Crippen LogP contribution is -2.42. The fourth-order valence-electron chi connectivity index (χ4n) is 5.00. The molecule has 3 heterocycles. The van der Waals surface area contributed by atoms with E-state index in [2.05, 4.69) is 35.0 Å². The zero-order chi connectivity index (χ0) is 21.8. The highest BCUT2D eigenvalue weighted by molar-refractivity contribution is 6.07. The number of methoxy groups -OCH3 is 1. The molecule has 170 valence electrons. The van der Waals surface area contributed by atoms with Crippen molar-refractivity contribution in [3.8, 4) is 0 Å². The molecule has 0 saturated carbocycles. The lowest BCUT2D eigenvalue weighted by molar-refractivity contribution is 0.0601. The maximum atomic E-state index is 12.9. The topological polar surface area (TPSA) is 67.2 Å². The number of nitrogens with zero attached hydrogens (tertiary/aromatic N) is 2. The van der Waals surface area contributed by atoms with E-state index < -0.39 is 0 Å². The normalized spacial score (nSPS) is 18.4. The third kappa shape index (κ3) is 4.59. The molecular weight excluding hydrogens is 394 g/mol. The number of rotatable bonds is 7. The Morgan fingerprint density at radius 1 is 1.23 bits per heavy atom. The van der Waals surface area contributed by atoms with Gasteiger partial charge in [0.1, 0.15) is 11.3 Å². The van der Waals surface area contributed by atoms with Crippen molar-refractivity contribution in [1.82, 2.24) is 10.2 Å². The van der Waals surface area contributed by atoms with Crippen LogP contribution in [0.5, 0.6) is 0 Å². The maximum Gasteiger partial charge on any atom is 0.338 e. The second-order valence-corrected chi connectivity index (χ2v) is 8.37. The van der Waals surface area contributed by atoms with Crippen LogP contribution < -0.4 is 10.2 Å². The maximum absolute atomic E-state index is 12.9. The highest BCUT2D eigenvalue weighted by Gasteiger charge is 2.28. The second kappa shape index (κ2) is 10.0. The number of carbonyl (C=O) groups is 1. The molecule has 1 aromatic heterocycles. The molecule has 2 aliphatic rings. The molecule has 0 atom stereocenters. The summed E-state index contributed by atoms with van der Waals surface area (Å²) in [4.78, 5) is 17.7. The Morgan fingerprint density at radius 3 is 2.61 bits per heavy atom. The molecule has 4 rings (SSSR count). The van der Waals surface area contributed by atoms with Gasteiger partial charge >= 0.3 is 5.97 Å². The van der Waals surface area contributed by atoms with Gasteiger partial charge in [0.2, 0.25) is 0 Å². The van der Waals surface area contributed by atoms with Crippen molar-refractivity contribution in [2.45, 2.75) is 45.7 Å². The Bertz CT molecular complexity index is 898. The van der Waals surface area contributed by atoms with Crippen LogP contribution >= 0.6 is 0 Å². The number of benzene rings is 1. The van der Waals surface area contributed by atoms with Gasteiger partial charge in [-0.15, -0.1) is 0 Å². The summed E-state index contributed by atoms with van der Waals surface area (Å²) in [5.74, 6) is 0.608. The highest BCUT2D eigenvalue weighted by atomic mass is 16.5. The average molecular weight is 430 g/mol. The molecule has 2 aromatic rings. The predicted molar refractivity (Wildman–Crippen MR) is 122 cm³/mol. The van der Waals surface area contributed by atoms with Gasteiger partial charge in [0.15, 0.2) is 0 Å². The molecule has 0 bridgehead atoms. The SMILES string of the molecule is CCc1c(N(CC)C2CCOCC2)cc2oc(CN3CCNCC3)cc2c1C(=O)OC. The third-order valence-corrected chi connectivity index (χ3v) is 6.57. The number of esters is 1. The number of nitrogens with one attached hydrogen (secondary N) is 1. The fourth-order valence-corrected chi connectivity index (χ4v) is 5.00. The summed E-state index contributed by atoms with van der Waals surface area (Å²) in [7, 11) is 1.46. The Hall–Kier alpha value is -2.09. The second-order valence-electron chi connectivity index (χ2n) is 8.37. The Kier molecular flexibility index (Phi) is 7.15. The molecule has 2 aliphatic heterocycles. The van der Waals surface area contributed by atoms with Crippen molar-refractivity contribution in [2.24, 2.45) is 0 Å². The van der Waals surface area contributed by atoms with E-state index in [1.165, 1.54) is 7.11 Å². The molecule has 2 fully saturated rings. The smallest absolute Gasteiger partial charge is 0.338 e. The first kappa shape index (κ1) is 22.1. The Morgan fingerprint density at radius 2 is 1.97 bits per heavy atom. The summed E-state index contributed by atoms with van der Waals surface area (Å²) in [6.07, 6.45) is 2.75. The number of furan rings is 1. The average Bonchev–Trinajstić information content (AvgIpc) is 3.21. The fraction of sp³-hybridized carbons (Fsp3) is 0.625. The van der Waals surface area contributed by atoms with Gasteiger partial charge in [-0.05, 0) is 37.8 Å². The number of carbonyl (C=O) groups excluding carboxylic acids is 1. The van der Waals surface area contributed by atoms with Gasteiger partial charge in [0.25, 0.3) is 0 Å². The zero-order valence-corrected chi connectivity index (χ0v) is 19.0. The summed E-state index contributed by atoms with van der Waals surface area (Å²) in [6.45, 7) is 11.5. The first-order chi connectivity index (χ1) is 15.2. The molecule has 0 amide bonds. The van der Waals surface area contributed by atoms with Crippen molar-refractivity contribution in [1.29, 1.82) is 0 Å². The van der Waals surface area contributed by atoms with Crippen molar-refractivity contribution < 1.29 is 18.7 Å². The lowest BCUT2D eigenvalue weighted by Gasteiger charge is -2.36. The summed E-state index contributed by atoms with van der Waals surface area (Å²) in [6, 6.07) is 4.58. The van der Waals surface area contributed by atoms with Gasteiger partial charge < -0.3 is 24.1 Å². The Labute approximate surface area is 184 Å². The van der Waals surface area contributed by atoms with Crippen molar-refractivity contribution >= 4 is 22.6 Å². The van der Waals surface area contributed by atoms with Gasteiger partial charge in [0, 0.05) is 69.1 Å². The molecule has 2 saturated heterocycles. The molecule has 1 N–H and O–H groups in total. The van der Waals surface area contributed by atoms with Gasteiger partial charge in [-0.2, -0.15) is 0 Å². The molecule has 0 unspecified atom stereocenters. The van der Waals surface area contributed by atoms with Crippen LogP contribution in [0.1, 0.15) is 48.4 Å². The van der Waals surface area contributed by atoms with Crippen LogP contribution in [-0.4, -0.2) is 70.0 Å². The number of piperazine rings is 1. The molecule has 0 aliphatic carbocycles. The molecule has 0 radical (unpaired) electrons. The molecule has 1 aromatic carbocycles. The van der Waals surface area contributed by atoms with Gasteiger partial charge in [0.05, 0.1) is 19.2 Å². The van der Waals surface area contributed by atoms with Crippen LogP contribution in [0, 0.1) is 0 Å². The monoisotopic (exact) mass is 429 g/mol. The molecule has 7 nitrogen and oxygen atoms in total. The van der Waals surface area contributed by atoms with E-state index in [9.17, 15) is 4.79 Å². The van der Waals surface area contributed by atoms with Gasteiger partial charge in [-0.1, -0.05) is 6.92 Å². The highest BCUT2D eigenvalue weighted by Crippen LogP contribution is 2.37. The van der Waals surface area contributed by atoms with Crippen LogP contribution in [0.2, 0.25) is 0 Å². The van der Waals surface area contributed by atoms with E-state index >= 15 is 0 Å². The standard InChI is InChI=1S/C24H35N3O4/c1-4-19-21(27(5-2)17-6-12-30-13-7-17)15-22-20(23(19)24(28)29-3)14-18(31-22)16-26-10-8-25-9-11-26/h14-15,17,25H,4-13,16H2,1-3H3. The zero-order valence-electron chi connectivity index (χ0n) is 19.0. The Balaban J connectivity index is 1.78. The number of anilines is 1. The van der Waals surface area contributed by atoms with Crippen LogP contribution in [0.3, 0.4) is 0 Å². The number of ether oxygens (including phenoxy) is 2. The summed E-state index contributed by atoms with van der Waals surface area (Å²) in [5, 5.41) is 4.25. The van der Waals surface area contributed by atoms with E-state index in [1.54, 1.807) is 0 Å². The molecule has 0 spiro atoms. The van der Waals surface area contributed by atoms with Crippen molar-refractivity contribution in [2.75, 3.05) is 57.9 Å². The predicted octanol–water partition coefficient (Wildman–Crippen LogP) is 3.19. The van der Waals surface area contributed by atoms with E-state index in [0.29, 0.717) is 11.6 Å². The van der Waals surface area contributed by atoms with Gasteiger partial charge in [-0.3, -0.25) is 4.90 Å². The van der Waals surface area contributed by atoms with E-state index in [1.807, 2.05) is 6.07 Å². The third-order valence-electron chi connectivity index (χ3n) is 6.57. The molecule has 7 heteroatoms. The van der Waals surface area contributed by atoms with E-state index in [-0.39, 0.29) is 5.97 Å². The van der Waals surface area contributed by atoms with E-state index in [0.717, 1.165) is 99.7 Å². The van der Waals surface area contributed by atoms with E-state index in [4.69, 9.17) is 13.9 Å². The molecular formula is C24H35N3O4. The van der Waals surface area contributed by atoms with Crippen molar-refractivity contribution in [3.63, 3.8) is 0 Å². The quantitative estimate of drug-likeness (QED) is 0.678. The number of fused-ring (bicyclic) bond motifs is 1. The summed E-state index contributed by atoms with van der Waals surface area (Å²) in [5.41, 5.74) is 3.55. The summed E-state index contributed by atoms with van der Waals surface area (Å²) >= 11 is 0. The number of hydrogen-bond acceptors (Lipinski definition) is 7. The van der Waals surface area contributed by atoms with Gasteiger partial charge in [-0.25, -0.2) is 4.79 Å². The van der Waals surface area contributed by atoms with Crippen LogP contribution in [0.15, 0.2) is 16.5 Å². The van der Waals surface area contributed by atoms with Crippen LogP contribution in [0.25, 0.3) is 11.0 Å². The van der Waals surface area contributed by atoms with Crippen LogP contribution in [0.4, 0.5) is 5.69 Å². The molecule has 31 heavy (non-hydrogen) atoms. The minimum Gasteiger partial charge on any atom is -0.465 e.